The number of hydrazone groups is 1. The monoisotopic (exact) mass is 310 g/mol. The zero-order chi connectivity index (χ0) is 15.6. The lowest BCUT2D eigenvalue weighted by atomic mass is 9.94. The summed E-state index contributed by atoms with van der Waals surface area (Å²) in [7, 11) is 0. The Hall–Kier alpha value is -2.27. The van der Waals surface area contributed by atoms with Crippen LogP contribution in [0.2, 0.25) is 0 Å². The first-order valence-corrected chi connectivity index (χ1v) is 7.95. The Morgan fingerprint density at radius 1 is 1.14 bits per heavy atom. The van der Waals surface area contributed by atoms with Gasteiger partial charge < -0.3 is 0 Å². The Morgan fingerprint density at radius 3 is 2.64 bits per heavy atom. The molecule has 0 saturated heterocycles. The van der Waals surface area contributed by atoms with Crippen molar-refractivity contribution in [1.29, 1.82) is 0 Å². The number of anilines is 1. The van der Waals surface area contributed by atoms with E-state index in [0.29, 0.717) is 0 Å². The lowest BCUT2D eigenvalue weighted by Crippen LogP contribution is -2.07. The molecule has 3 rings (SSSR count). The summed E-state index contributed by atoms with van der Waals surface area (Å²) < 4.78 is 0. The van der Waals surface area contributed by atoms with E-state index in [-0.39, 0.29) is 5.41 Å². The molecule has 3 aromatic rings. The van der Waals surface area contributed by atoms with Gasteiger partial charge in [-0.25, -0.2) is 9.97 Å². The summed E-state index contributed by atoms with van der Waals surface area (Å²) in [6.07, 6.45) is 3.36. The molecular formula is C17H18N4S. The van der Waals surface area contributed by atoms with Gasteiger partial charge in [-0.1, -0.05) is 51.1 Å². The third-order valence-electron chi connectivity index (χ3n) is 3.25. The number of aromatic nitrogens is 2. The van der Waals surface area contributed by atoms with Gasteiger partial charge in [0, 0.05) is 4.88 Å². The second-order valence-corrected chi connectivity index (χ2v) is 7.11. The highest BCUT2D eigenvalue weighted by Gasteiger charge is 2.18. The van der Waals surface area contributed by atoms with E-state index in [9.17, 15) is 0 Å². The van der Waals surface area contributed by atoms with Gasteiger partial charge in [0.2, 0.25) is 0 Å². The molecular weight excluding hydrogens is 292 g/mol. The smallest absolute Gasteiger partial charge is 0.158 e. The van der Waals surface area contributed by atoms with Crippen molar-refractivity contribution in [2.24, 2.45) is 5.10 Å². The Balaban J connectivity index is 1.88. The van der Waals surface area contributed by atoms with Crippen LogP contribution < -0.4 is 5.43 Å². The van der Waals surface area contributed by atoms with E-state index in [4.69, 9.17) is 0 Å². The molecule has 0 spiro atoms. The normalized spacial score (nSPS) is 12.1. The summed E-state index contributed by atoms with van der Waals surface area (Å²) in [4.78, 5) is 10.9. The van der Waals surface area contributed by atoms with Gasteiger partial charge in [0.05, 0.1) is 11.6 Å². The van der Waals surface area contributed by atoms with Crippen molar-refractivity contribution in [2.75, 3.05) is 5.43 Å². The summed E-state index contributed by atoms with van der Waals surface area (Å²) in [6.45, 7) is 6.60. The minimum Gasteiger partial charge on any atom is -0.261 e. The van der Waals surface area contributed by atoms with E-state index in [1.807, 2.05) is 30.3 Å². The molecule has 0 amide bonds. The molecule has 0 atom stereocenters. The molecule has 1 aromatic carbocycles. The second kappa shape index (κ2) is 5.85. The number of benzene rings is 1. The van der Waals surface area contributed by atoms with Gasteiger partial charge in [0.25, 0.3) is 0 Å². The molecule has 0 fully saturated rings. The lowest BCUT2D eigenvalue weighted by Gasteiger charge is -2.14. The Bertz CT molecular complexity index is 800. The molecule has 2 heterocycles. The van der Waals surface area contributed by atoms with Crippen molar-refractivity contribution in [3.05, 3.63) is 53.2 Å². The second-order valence-electron chi connectivity index (χ2n) is 6.08. The average Bonchev–Trinajstić information content (AvgIpc) is 2.93. The van der Waals surface area contributed by atoms with Crippen LogP contribution in [0.3, 0.4) is 0 Å². The predicted octanol–water partition coefficient (Wildman–Crippen LogP) is 4.43. The summed E-state index contributed by atoms with van der Waals surface area (Å²) in [5, 5.41) is 5.29. The van der Waals surface area contributed by atoms with Gasteiger partial charge in [0.15, 0.2) is 5.82 Å². The average molecular weight is 310 g/mol. The minimum atomic E-state index is 0.107. The molecule has 1 N–H and O–H groups in total. The number of hydrogen-bond donors (Lipinski definition) is 1. The van der Waals surface area contributed by atoms with Crippen LogP contribution in [0, 0.1) is 0 Å². The summed E-state index contributed by atoms with van der Waals surface area (Å²) in [5.74, 6) is 0.740. The fourth-order valence-electron chi connectivity index (χ4n) is 2.02. The van der Waals surface area contributed by atoms with Crippen molar-refractivity contribution in [1.82, 2.24) is 9.97 Å². The number of nitrogens with zero attached hydrogens (tertiary/aromatic N) is 3. The third-order valence-corrected chi connectivity index (χ3v) is 4.72. The van der Waals surface area contributed by atoms with Crippen molar-refractivity contribution in [2.45, 2.75) is 26.2 Å². The van der Waals surface area contributed by atoms with Crippen LogP contribution in [0.1, 0.15) is 31.2 Å². The number of nitrogens with one attached hydrogen (secondary N) is 1. The van der Waals surface area contributed by atoms with Crippen LogP contribution in [-0.2, 0) is 5.41 Å². The van der Waals surface area contributed by atoms with Crippen LogP contribution in [0.4, 0.5) is 5.82 Å². The fourth-order valence-corrected chi connectivity index (χ4v) is 3.08. The molecule has 0 unspecified atom stereocenters. The van der Waals surface area contributed by atoms with E-state index in [2.05, 4.69) is 47.3 Å². The van der Waals surface area contributed by atoms with Crippen molar-refractivity contribution < 1.29 is 0 Å². The van der Waals surface area contributed by atoms with Crippen molar-refractivity contribution >= 4 is 33.6 Å². The van der Waals surface area contributed by atoms with Crippen LogP contribution >= 0.6 is 11.3 Å². The van der Waals surface area contributed by atoms with Gasteiger partial charge in [-0.2, -0.15) is 5.10 Å². The van der Waals surface area contributed by atoms with Gasteiger partial charge >= 0.3 is 0 Å². The topological polar surface area (TPSA) is 50.2 Å². The highest BCUT2D eigenvalue weighted by atomic mass is 32.1. The third kappa shape index (κ3) is 3.14. The summed E-state index contributed by atoms with van der Waals surface area (Å²) >= 11 is 1.71. The largest absolute Gasteiger partial charge is 0.261 e. The molecule has 0 aliphatic carbocycles. The molecule has 0 bridgehead atoms. The first-order valence-electron chi connectivity index (χ1n) is 7.13. The lowest BCUT2D eigenvalue weighted by molar-refractivity contribution is 0.604. The molecule has 0 saturated carbocycles. The number of thiophene rings is 1. The molecule has 5 heteroatoms. The van der Waals surface area contributed by atoms with E-state index in [1.165, 1.54) is 4.88 Å². The van der Waals surface area contributed by atoms with Crippen molar-refractivity contribution in [3.8, 4) is 0 Å². The van der Waals surface area contributed by atoms with Gasteiger partial charge in [-0.3, -0.25) is 5.43 Å². The number of fused-ring (bicyclic) bond motifs is 1. The SMILES string of the molecule is CC(C)(C)c1cc2c(N/N=C/c3ccccc3)ncnc2s1. The Labute approximate surface area is 133 Å². The number of rotatable bonds is 3. The fraction of sp³-hybridized carbons (Fsp3) is 0.235. The van der Waals surface area contributed by atoms with Gasteiger partial charge in [-0.05, 0) is 17.0 Å². The van der Waals surface area contributed by atoms with Gasteiger partial charge in [-0.15, -0.1) is 11.3 Å². The summed E-state index contributed by atoms with van der Waals surface area (Å²) in [5.41, 5.74) is 4.18. The van der Waals surface area contributed by atoms with Crippen LogP contribution in [-0.4, -0.2) is 16.2 Å². The maximum absolute atomic E-state index is 4.36. The molecule has 112 valence electrons. The first-order chi connectivity index (χ1) is 10.5. The van der Waals surface area contributed by atoms with Crippen molar-refractivity contribution in [3.63, 3.8) is 0 Å². The molecule has 22 heavy (non-hydrogen) atoms. The predicted molar refractivity (Wildman–Crippen MR) is 93.8 cm³/mol. The maximum atomic E-state index is 4.36. The quantitative estimate of drug-likeness (QED) is 0.575. The molecule has 0 radical (unpaired) electrons. The number of hydrogen-bond acceptors (Lipinski definition) is 5. The van der Waals surface area contributed by atoms with E-state index in [0.717, 1.165) is 21.6 Å². The van der Waals surface area contributed by atoms with Crippen LogP contribution in [0.15, 0.2) is 47.8 Å². The highest BCUT2D eigenvalue weighted by Crippen LogP contribution is 2.35. The maximum Gasteiger partial charge on any atom is 0.158 e. The van der Waals surface area contributed by atoms with Gasteiger partial charge in [0.1, 0.15) is 11.2 Å². The standard InChI is InChI=1S/C17H18N4S/c1-17(2,3)14-9-13-15(18-11-19-16(13)22-14)21-20-10-12-7-5-4-6-8-12/h4-11H,1-3H3,(H,18,19,21)/b20-10+. The molecule has 0 aliphatic heterocycles. The van der Waals surface area contributed by atoms with E-state index < -0.39 is 0 Å². The van der Waals surface area contributed by atoms with E-state index in [1.54, 1.807) is 23.9 Å². The zero-order valence-electron chi connectivity index (χ0n) is 12.9. The van der Waals surface area contributed by atoms with E-state index >= 15 is 0 Å². The molecule has 4 nitrogen and oxygen atoms in total. The molecule has 0 aliphatic rings. The Kier molecular flexibility index (Phi) is 3.90. The minimum absolute atomic E-state index is 0.107. The Morgan fingerprint density at radius 2 is 1.91 bits per heavy atom. The summed E-state index contributed by atoms with van der Waals surface area (Å²) in [6, 6.07) is 12.1. The highest BCUT2D eigenvalue weighted by molar-refractivity contribution is 7.18. The van der Waals surface area contributed by atoms with Crippen LogP contribution in [0.25, 0.3) is 10.2 Å². The first kappa shape index (κ1) is 14.7. The van der Waals surface area contributed by atoms with Crippen LogP contribution in [0.5, 0.6) is 0 Å². The molecule has 2 aromatic heterocycles. The zero-order valence-corrected chi connectivity index (χ0v) is 13.7.